The van der Waals surface area contributed by atoms with Crippen molar-refractivity contribution in [3.8, 4) is 0 Å². The van der Waals surface area contributed by atoms with Crippen LogP contribution in [0.5, 0.6) is 0 Å². The third kappa shape index (κ3) is 2.98. The minimum atomic E-state index is 0.719. The summed E-state index contributed by atoms with van der Waals surface area (Å²) in [6.45, 7) is 3.49. The van der Waals surface area contributed by atoms with E-state index in [4.69, 9.17) is 0 Å². The lowest BCUT2D eigenvalue weighted by Gasteiger charge is -2.24. The molecule has 0 aliphatic carbocycles. The molecule has 0 spiro atoms. The molecule has 1 aromatic carbocycles. The molecule has 2 aliphatic rings. The maximum absolute atomic E-state index is 3.73. The molecule has 0 radical (unpaired) electrons. The molecule has 2 heterocycles. The first-order chi connectivity index (χ1) is 8.70. The molecule has 0 aromatic heterocycles. The van der Waals surface area contributed by atoms with Crippen LogP contribution < -0.4 is 5.32 Å². The quantitative estimate of drug-likeness (QED) is 0.852. The second kappa shape index (κ2) is 5.61. The van der Waals surface area contributed by atoms with Crippen LogP contribution >= 0.6 is 31.9 Å². The largest absolute Gasteiger partial charge is 0.310 e. The number of halogens is 2. The lowest BCUT2D eigenvalue weighted by atomic mass is 10.1. The third-order valence-electron chi connectivity index (χ3n) is 4.00. The molecule has 2 nitrogen and oxygen atoms in total. The van der Waals surface area contributed by atoms with Gasteiger partial charge in [0.25, 0.3) is 0 Å². The first-order valence-electron chi connectivity index (χ1n) is 6.63. The van der Waals surface area contributed by atoms with Gasteiger partial charge in [-0.15, -0.1) is 0 Å². The fourth-order valence-electron chi connectivity index (χ4n) is 3.06. The van der Waals surface area contributed by atoms with Crippen LogP contribution in [-0.4, -0.2) is 30.1 Å². The summed E-state index contributed by atoms with van der Waals surface area (Å²) < 4.78 is 2.28. The van der Waals surface area contributed by atoms with Gasteiger partial charge < -0.3 is 5.32 Å². The van der Waals surface area contributed by atoms with Crippen molar-refractivity contribution in [2.45, 2.75) is 37.9 Å². The summed E-state index contributed by atoms with van der Waals surface area (Å²) in [5.41, 5.74) is 1.39. The Morgan fingerprint density at radius 3 is 2.78 bits per heavy atom. The molecule has 98 valence electrons. The molecule has 2 saturated heterocycles. The molecule has 4 heteroatoms. The normalized spacial score (nSPS) is 28.3. The minimum Gasteiger partial charge on any atom is -0.310 e. The van der Waals surface area contributed by atoms with E-state index < -0.39 is 0 Å². The van der Waals surface area contributed by atoms with Gasteiger partial charge in [0.1, 0.15) is 0 Å². The summed E-state index contributed by atoms with van der Waals surface area (Å²) in [6.07, 6.45) is 4.03. The van der Waals surface area contributed by atoms with Gasteiger partial charge in [-0.1, -0.05) is 6.07 Å². The summed E-state index contributed by atoms with van der Waals surface area (Å²) >= 11 is 7.10. The maximum Gasteiger partial charge on any atom is 0.0320 e. The van der Waals surface area contributed by atoms with E-state index in [0.717, 1.165) is 27.6 Å². The summed E-state index contributed by atoms with van der Waals surface area (Å²) in [5, 5.41) is 3.73. The molecular weight excluding hydrogens is 356 g/mol. The lowest BCUT2D eigenvalue weighted by molar-refractivity contribution is 0.251. The topological polar surface area (TPSA) is 15.3 Å². The highest BCUT2D eigenvalue weighted by molar-refractivity contribution is 9.13. The van der Waals surface area contributed by atoms with E-state index in [1.165, 1.54) is 37.9 Å². The highest BCUT2D eigenvalue weighted by atomic mass is 79.9. The molecule has 1 N–H and O–H groups in total. The van der Waals surface area contributed by atoms with Crippen LogP contribution in [0.15, 0.2) is 27.1 Å². The zero-order valence-electron chi connectivity index (χ0n) is 10.3. The van der Waals surface area contributed by atoms with Crippen LogP contribution in [-0.2, 0) is 6.54 Å². The standard InChI is InChI=1S/C14H18Br2N2/c15-13-4-1-10(7-14(13)16)8-18-6-5-11-2-3-12(9-18)17-11/h1,4,7,11-12,17H,2-3,5-6,8-9H2. The van der Waals surface area contributed by atoms with Crippen LogP contribution in [0, 0.1) is 0 Å². The Morgan fingerprint density at radius 1 is 1.11 bits per heavy atom. The summed E-state index contributed by atoms with van der Waals surface area (Å²) in [6, 6.07) is 8.06. The average Bonchev–Trinajstić information content (AvgIpc) is 2.68. The average molecular weight is 374 g/mol. The number of hydrogen-bond donors (Lipinski definition) is 1. The molecule has 2 bridgehead atoms. The number of likely N-dealkylation sites (tertiary alicyclic amines) is 1. The van der Waals surface area contributed by atoms with Crippen LogP contribution in [0.4, 0.5) is 0 Å². The zero-order valence-corrected chi connectivity index (χ0v) is 13.5. The van der Waals surface area contributed by atoms with Crippen molar-refractivity contribution in [1.82, 2.24) is 10.2 Å². The molecule has 0 saturated carbocycles. The predicted molar refractivity (Wildman–Crippen MR) is 81.7 cm³/mol. The summed E-state index contributed by atoms with van der Waals surface area (Å²) in [5.74, 6) is 0. The summed E-state index contributed by atoms with van der Waals surface area (Å²) in [4.78, 5) is 2.59. The fraction of sp³-hybridized carbons (Fsp3) is 0.571. The number of fused-ring (bicyclic) bond motifs is 2. The Morgan fingerprint density at radius 2 is 1.94 bits per heavy atom. The Labute approximate surface area is 125 Å². The van der Waals surface area contributed by atoms with Gasteiger partial charge in [0, 0.05) is 40.7 Å². The molecule has 1 aromatic rings. The van der Waals surface area contributed by atoms with Crippen molar-refractivity contribution >= 4 is 31.9 Å². The Bertz CT molecular complexity index is 436. The highest BCUT2D eigenvalue weighted by Crippen LogP contribution is 2.26. The van der Waals surface area contributed by atoms with Crippen molar-refractivity contribution in [2.75, 3.05) is 13.1 Å². The van der Waals surface area contributed by atoms with Crippen LogP contribution in [0.3, 0.4) is 0 Å². The number of nitrogens with one attached hydrogen (secondary N) is 1. The predicted octanol–water partition coefficient (Wildman–Crippen LogP) is 3.54. The van der Waals surface area contributed by atoms with E-state index in [2.05, 4.69) is 60.3 Å². The Balaban J connectivity index is 1.66. The monoisotopic (exact) mass is 372 g/mol. The number of benzene rings is 1. The molecule has 0 amide bonds. The SMILES string of the molecule is Brc1ccc(CN2CCC3CCC(C2)N3)cc1Br. The second-order valence-electron chi connectivity index (χ2n) is 5.41. The smallest absolute Gasteiger partial charge is 0.0320 e. The number of nitrogens with zero attached hydrogens (tertiary/aromatic N) is 1. The minimum absolute atomic E-state index is 0.719. The van der Waals surface area contributed by atoms with E-state index >= 15 is 0 Å². The van der Waals surface area contributed by atoms with Crippen molar-refractivity contribution in [1.29, 1.82) is 0 Å². The fourth-order valence-corrected chi connectivity index (χ4v) is 3.73. The lowest BCUT2D eigenvalue weighted by Crippen LogP contribution is -2.34. The van der Waals surface area contributed by atoms with Crippen molar-refractivity contribution in [2.24, 2.45) is 0 Å². The molecule has 2 atom stereocenters. The van der Waals surface area contributed by atoms with E-state index in [1.807, 2.05) is 0 Å². The van der Waals surface area contributed by atoms with Crippen LogP contribution in [0.25, 0.3) is 0 Å². The Kier molecular flexibility index (Phi) is 4.09. The van der Waals surface area contributed by atoms with E-state index in [9.17, 15) is 0 Å². The maximum atomic E-state index is 3.73. The van der Waals surface area contributed by atoms with Crippen molar-refractivity contribution in [3.05, 3.63) is 32.7 Å². The van der Waals surface area contributed by atoms with Gasteiger partial charge in [-0.25, -0.2) is 0 Å². The van der Waals surface area contributed by atoms with Gasteiger partial charge in [0.15, 0.2) is 0 Å². The molecule has 2 fully saturated rings. The van der Waals surface area contributed by atoms with Crippen LogP contribution in [0.2, 0.25) is 0 Å². The van der Waals surface area contributed by atoms with E-state index in [1.54, 1.807) is 0 Å². The van der Waals surface area contributed by atoms with Gasteiger partial charge in [-0.05, 0) is 68.8 Å². The summed E-state index contributed by atoms with van der Waals surface area (Å²) in [7, 11) is 0. The first-order valence-corrected chi connectivity index (χ1v) is 8.21. The van der Waals surface area contributed by atoms with Crippen LogP contribution in [0.1, 0.15) is 24.8 Å². The van der Waals surface area contributed by atoms with Gasteiger partial charge >= 0.3 is 0 Å². The number of rotatable bonds is 2. The number of hydrogen-bond acceptors (Lipinski definition) is 2. The van der Waals surface area contributed by atoms with Gasteiger partial charge in [-0.3, -0.25) is 4.90 Å². The zero-order chi connectivity index (χ0) is 12.5. The van der Waals surface area contributed by atoms with E-state index in [-0.39, 0.29) is 0 Å². The molecule has 3 rings (SSSR count). The molecule has 18 heavy (non-hydrogen) atoms. The van der Waals surface area contributed by atoms with Crippen molar-refractivity contribution in [3.63, 3.8) is 0 Å². The van der Waals surface area contributed by atoms with Gasteiger partial charge in [-0.2, -0.15) is 0 Å². The van der Waals surface area contributed by atoms with E-state index in [0.29, 0.717) is 0 Å². The first kappa shape index (κ1) is 13.1. The molecule has 2 unspecified atom stereocenters. The Hall–Kier alpha value is 0.1000. The molecular formula is C14H18Br2N2. The van der Waals surface area contributed by atoms with Gasteiger partial charge in [0.2, 0.25) is 0 Å². The van der Waals surface area contributed by atoms with Crippen molar-refractivity contribution < 1.29 is 0 Å². The highest BCUT2D eigenvalue weighted by Gasteiger charge is 2.28. The van der Waals surface area contributed by atoms with Gasteiger partial charge in [0.05, 0.1) is 0 Å². The third-order valence-corrected chi connectivity index (χ3v) is 5.88. The second-order valence-corrected chi connectivity index (χ2v) is 7.12. The molecule has 2 aliphatic heterocycles.